The Morgan fingerprint density at radius 2 is 1.73 bits per heavy atom. The smallest absolute Gasteiger partial charge is 0.206 e. The van der Waals surface area contributed by atoms with Crippen LogP contribution >= 0.6 is 0 Å². The molecule has 4 heteroatoms. The fourth-order valence-corrected chi connectivity index (χ4v) is 4.84. The van der Waals surface area contributed by atoms with Gasteiger partial charge in [-0.1, -0.05) is 44.7 Å². The van der Waals surface area contributed by atoms with Crippen LogP contribution in [0.15, 0.2) is 24.3 Å². The predicted octanol–water partition coefficient (Wildman–Crippen LogP) is 7.63. The van der Waals surface area contributed by atoms with E-state index in [0.29, 0.717) is 17.5 Å². The first-order chi connectivity index (χ1) is 12.4. The standard InChI is InChI=1S/C22H28F4/c1-2-3-15-4-6-16(7-5-15)17-8-10-18(11-9-17)20-13-12-19(14-21(20)23)22(24,25)26/h10,12-17H,2-9,11H2,1H3. The second kappa shape index (κ2) is 8.14. The molecule has 1 aromatic carbocycles. The average molecular weight is 368 g/mol. The summed E-state index contributed by atoms with van der Waals surface area (Å²) in [5.41, 5.74) is 0.284. The van der Waals surface area contributed by atoms with E-state index in [2.05, 4.69) is 13.0 Å². The highest BCUT2D eigenvalue weighted by Gasteiger charge is 2.32. The molecule has 2 aliphatic carbocycles. The van der Waals surface area contributed by atoms with Gasteiger partial charge in [0.05, 0.1) is 5.56 Å². The van der Waals surface area contributed by atoms with Crippen molar-refractivity contribution in [2.45, 2.75) is 70.9 Å². The average Bonchev–Trinajstić information content (AvgIpc) is 2.62. The minimum absolute atomic E-state index is 0.336. The van der Waals surface area contributed by atoms with Gasteiger partial charge in [-0.05, 0) is 67.6 Å². The van der Waals surface area contributed by atoms with Crippen LogP contribution in [0.5, 0.6) is 0 Å². The van der Waals surface area contributed by atoms with Crippen LogP contribution < -0.4 is 0 Å². The molecule has 0 bridgehead atoms. The molecule has 0 saturated heterocycles. The lowest BCUT2D eigenvalue weighted by atomic mass is 9.70. The first-order valence-electron chi connectivity index (χ1n) is 9.94. The molecule has 26 heavy (non-hydrogen) atoms. The molecule has 1 fully saturated rings. The maximum Gasteiger partial charge on any atom is 0.416 e. The third kappa shape index (κ3) is 4.50. The Hall–Kier alpha value is -1.32. The molecule has 3 rings (SSSR count). The number of benzene rings is 1. The molecule has 0 radical (unpaired) electrons. The van der Waals surface area contributed by atoms with E-state index in [4.69, 9.17) is 0 Å². The Kier molecular flexibility index (Phi) is 6.09. The summed E-state index contributed by atoms with van der Waals surface area (Å²) in [5, 5.41) is 0. The van der Waals surface area contributed by atoms with Gasteiger partial charge in [0.25, 0.3) is 0 Å². The van der Waals surface area contributed by atoms with Crippen LogP contribution in [0.2, 0.25) is 0 Å². The molecule has 0 heterocycles. The zero-order valence-corrected chi connectivity index (χ0v) is 15.4. The van der Waals surface area contributed by atoms with Crippen LogP contribution in [-0.2, 0) is 6.18 Å². The fourth-order valence-electron chi connectivity index (χ4n) is 4.84. The fraction of sp³-hybridized carbons (Fsp3) is 0.636. The van der Waals surface area contributed by atoms with Crippen molar-refractivity contribution in [1.29, 1.82) is 0 Å². The van der Waals surface area contributed by atoms with E-state index in [1.165, 1.54) is 44.6 Å². The molecule has 0 aliphatic heterocycles. The molecule has 0 amide bonds. The highest BCUT2D eigenvalue weighted by molar-refractivity contribution is 5.67. The van der Waals surface area contributed by atoms with E-state index in [-0.39, 0.29) is 0 Å². The molecule has 1 aromatic rings. The molecule has 0 spiro atoms. The van der Waals surface area contributed by atoms with Crippen LogP contribution in [0.3, 0.4) is 0 Å². The Labute approximate surface area is 153 Å². The van der Waals surface area contributed by atoms with E-state index in [0.717, 1.165) is 42.7 Å². The second-order valence-corrected chi connectivity index (χ2v) is 8.03. The van der Waals surface area contributed by atoms with Crippen molar-refractivity contribution >= 4 is 5.57 Å². The lowest BCUT2D eigenvalue weighted by Crippen LogP contribution is -2.23. The number of hydrogen-bond acceptors (Lipinski definition) is 0. The molecule has 1 atom stereocenters. The van der Waals surface area contributed by atoms with Crippen molar-refractivity contribution in [1.82, 2.24) is 0 Å². The van der Waals surface area contributed by atoms with Crippen molar-refractivity contribution in [3.63, 3.8) is 0 Å². The summed E-state index contributed by atoms with van der Waals surface area (Å²) in [4.78, 5) is 0. The largest absolute Gasteiger partial charge is 0.416 e. The predicted molar refractivity (Wildman–Crippen MR) is 97.1 cm³/mol. The summed E-state index contributed by atoms with van der Waals surface area (Å²) in [5.74, 6) is 1.55. The van der Waals surface area contributed by atoms with Gasteiger partial charge in [-0.25, -0.2) is 4.39 Å². The van der Waals surface area contributed by atoms with Crippen molar-refractivity contribution in [3.05, 3.63) is 41.2 Å². The summed E-state index contributed by atoms with van der Waals surface area (Å²) in [6, 6.07) is 2.90. The van der Waals surface area contributed by atoms with Crippen molar-refractivity contribution in [3.8, 4) is 0 Å². The van der Waals surface area contributed by atoms with E-state index >= 15 is 0 Å². The minimum Gasteiger partial charge on any atom is -0.206 e. The maximum absolute atomic E-state index is 14.2. The van der Waals surface area contributed by atoms with Crippen molar-refractivity contribution in [2.75, 3.05) is 0 Å². The van der Waals surface area contributed by atoms with Crippen LogP contribution in [-0.4, -0.2) is 0 Å². The molecule has 0 nitrogen and oxygen atoms in total. The third-order valence-corrected chi connectivity index (χ3v) is 6.35. The lowest BCUT2D eigenvalue weighted by molar-refractivity contribution is -0.137. The van der Waals surface area contributed by atoms with Gasteiger partial charge >= 0.3 is 6.18 Å². The van der Waals surface area contributed by atoms with Crippen LogP contribution in [0, 0.1) is 23.6 Å². The van der Waals surface area contributed by atoms with E-state index in [9.17, 15) is 17.6 Å². The van der Waals surface area contributed by atoms with Gasteiger partial charge < -0.3 is 0 Å². The molecule has 0 aromatic heterocycles. The van der Waals surface area contributed by atoms with E-state index in [1.807, 2.05) is 0 Å². The summed E-state index contributed by atoms with van der Waals surface area (Å²) in [6.45, 7) is 2.25. The van der Waals surface area contributed by atoms with Crippen LogP contribution in [0.25, 0.3) is 5.57 Å². The molecule has 0 N–H and O–H groups in total. The van der Waals surface area contributed by atoms with Gasteiger partial charge in [-0.2, -0.15) is 13.2 Å². The zero-order chi connectivity index (χ0) is 18.7. The van der Waals surface area contributed by atoms with Gasteiger partial charge in [0.2, 0.25) is 0 Å². The molecule has 144 valence electrons. The molecular weight excluding hydrogens is 340 g/mol. The van der Waals surface area contributed by atoms with E-state index < -0.39 is 17.6 Å². The Bertz CT molecular complexity index is 636. The number of rotatable bonds is 4. The second-order valence-electron chi connectivity index (χ2n) is 8.03. The van der Waals surface area contributed by atoms with Crippen molar-refractivity contribution in [2.24, 2.45) is 17.8 Å². The summed E-state index contributed by atoms with van der Waals surface area (Å²) in [7, 11) is 0. The van der Waals surface area contributed by atoms with Crippen molar-refractivity contribution < 1.29 is 17.6 Å². The number of allylic oxidation sites excluding steroid dienone is 2. The molecule has 1 saturated carbocycles. The number of halogens is 4. The Morgan fingerprint density at radius 3 is 2.27 bits per heavy atom. The lowest BCUT2D eigenvalue weighted by Gasteiger charge is -2.35. The third-order valence-electron chi connectivity index (χ3n) is 6.35. The van der Waals surface area contributed by atoms with Gasteiger partial charge in [0.15, 0.2) is 0 Å². The molecule has 1 unspecified atom stereocenters. The van der Waals surface area contributed by atoms with E-state index in [1.54, 1.807) is 0 Å². The van der Waals surface area contributed by atoms with Gasteiger partial charge in [-0.3, -0.25) is 0 Å². The van der Waals surface area contributed by atoms with Gasteiger partial charge in [-0.15, -0.1) is 0 Å². The molecular formula is C22H28F4. The van der Waals surface area contributed by atoms with Gasteiger partial charge in [0.1, 0.15) is 5.82 Å². The maximum atomic E-state index is 14.2. The summed E-state index contributed by atoms with van der Waals surface area (Å²) >= 11 is 0. The first-order valence-corrected chi connectivity index (χ1v) is 9.94. The van der Waals surface area contributed by atoms with Crippen LogP contribution in [0.4, 0.5) is 17.6 Å². The highest BCUT2D eigenvalue weighted by Crippen LogP contribution is 2.42. The Morgan fingerprint density at radius 1 is 1.00 bits per heavy atom. The number of alkyl halides is 3. The highest BCUT2D eigenvalue weighted by atomic mass is 19.4. The normalized spacial score (nSPS) is 27.3. The quantitative estimate of drug-likeness (QED) is 0.479. The van der Waals surface area contributed by atoms with Gasteiger partial charge in [0, 0.05) is 5.56 Å². The molecule has 2 aliphatic rings. The number of hydrogen-bond donors (Lipinski definition) is 0. The monoisotopic (exact) mass is 368 g/mol. The zero-order valence-electron chi connectivity index (χ0n) is 15.4. The summed E-state index contributed by atoms with van der Waals surface area (Å²) in [6.07, 6.45) is 8.16. The first kappa shape index (κ1) is 19.4. The SMILES string of the molecule is CCCC1CCC(C2CC=C(c3ccc(C(F)(F)F)cc3F)CC2)CC1. The van der Waals surface area contributed by atoms with Crippen LogP contribution in [0.1, 0.15) is 75.8 Å². The summed E-state index contributed by atoms with van der Waals surface area (Å²) < 4.78 is 52.3. The Balaban J connectivity index is 1.62. The topological polar surface area (TPSA) is 0 Å². The minimum atomic E-state index is -4.50.